The summed E-state index contributed by atoms with van der Waals surface area (Å²) in [6.07, 6.45) is 0.945. The van der Waals surface area contributed by atoms with E-state index in [1.807, 2.05) is 0 Å². The largest absolute Gasteiger partial charge is 0.495 e. The van der Waals surface area contributed by atoms with Gasteiger partial charge < -0.3 is 19.7 Å². The summed E-state index contributed by atoms with van der Waals surface area (Å²) >= 11 is 0. The average molecular weight is 493 g/mol. The molecule has 0 aliphatic carbocycles. The summed E-state index contributed by atoms with van der Waals surface area (Å²) in [5.74, 6) is -0.759. The molecule has 0 spiro atoms. The number of nitrogens with one attached hydrogen (secondary N) is 1. The molecule has 1 aliphatic heterocycles. The van der Waals surface area contributed by atoms with Gasteiger partial charge in [-0.2, -0.15) is 0 Å². The number of anilines is 2. The third-order valence-corrected chi connectivity index (χ3v) is 6.20. The van der Waals surface area contributed by atoms with Crippen molar-refractivity contribution in [2.45, 2.75) is 0 Å². The number of hydrogen-bond donors (Lipinski definition) is 1. The maximum atomic E-state index is 12.7. The number of methoxy groups -OCH3 is 1. The number of benzene rings is 2. The lowest BCUT2D eigenvalue weighted by atomic mass is 10.1. The van der Waals surface area contributed by atoms with E-state index in [1.54, 1.807) is 4.90 Å². The third-order valence-electron chi connectivity index (χ3n) is 5.06. The summed E-state index contributed by atoms with van der Waals surface area (Å²) in [6, 6.07) is 9.53. The first-order valence-electron chi connectivity index (χ1n) is 10.2. The van der Waals surface area contributed by atoms with Gasteiger partial charge in [0.05, 0.1) is 42.9 Å². The molecular formula is C21H24N4O8S. The second-order valence-corrected chi connectivity index (χ2v) is 9.32. The Bertz CT molecular complexity index is 1180. The normalized spacial score (nSPS) is 13.8. The van der Waals surface area contributed by atoms with E-state index in [-0.39, 0.29) is 28.7 Å². The molecule has 182 valence electrons. The van der Waals surface area contributed by atoms with Gasteiger partial charge >= 0.3 is 0 Å². The Morgan fingerprint density at radius 3 is 2.38 bits per heavy atom. The summed E-state index contributed by atoms with van der Waals surface area (Å²) < 4.78 is 36.0. The Balaban J connectivity index is 1.78. The number of hydrogen-bond acceptors (Lipinski definition) is 8. The number of carbonyl (C=O) groups is 2. The number of non-ortho nitro benzene ring substituents is 1. The fraction of sp³-hybridized carbons (Fsp3) is 0.333. The molecule has 3 rings (SSSR count). The summed E-state index contributed by atoms with van der Waals surface area (Å²) in [5.41, 5.74) is 0.324. The minimum atomic E-state index is -3.88. The van der Waals surface area contributed by atoms with Gasteiger partial charge in [0.15, 0.2) is 0 Å². The molecule has 1 fully saturated rings. The van der Waals surface area contributed by atoms with Gasteiger partial charge in [0.1, 0.15) is 12.3 Å². The summed E-state index contributed by atoms with van der Waals surface area (Å²) in [6.45, 7) is 1.25. The van der Waals surface area contributed by atoms with Crippen LogP contribution in [-0.2, 0) is 19.6 Å². The number of nitro groups is 1. The minimum Gasteiger partial charge on any atom is -0.495 e. The molecule has 0 radical (unpaired) electrons. The molecule has 1 aliphatic rings. The van der Waals surface area contributed by atoms with Crippen LogP contribution in [0.25, 0.3) is 0 Å². The smallest absolute Gasteiger partial charge is 0.271 e. The van der Waals surface area contributed by atoms with Crippen molar-refractivity contribution in [1.29, 1.82) is 0 Å². The number of carbonyl (C=O) groups excluding carboxylic acids is 2. The molecule has 0 atom stereocenters. The Hall–Kier alpha value is -3.71. The standard InChI is InChI=1S/C21H24N4O8S/c1-32-19-8-7-17(25(28)29)13-18(19)22-20(26)14-24(34(2,30)31)16-5-3-15(4-6-16)21(27)23-9-11-33-12-10-23/h3-8,13H,9-12,14H2,1-2H3,(H,22,26). The second-order valence-electron chi connectivity index (χ2n) is 7.41. The molecule has 13 heteroatoms. The van der Waals surface area contributed by atoms with Crippen molar-refractivity contribution in [3.63, 3.8) is 0 Å². The van der Waals surface area contributed by atoms with Gasteiger partial charge in [-0.1, -0.05) is 0 Å². The van der Waals surface area contributed by atoms with Crippen molar-refractivity contribution in [2.75, 3.05) is 55.8 Å². The Morgan fingerprint density at radius 1 is 1.18 bits per heavy atom. The van der Waals surface area contributed by atoms with Crippen LogP contribution in [0, 0.1) is 10.1 Å². The number of morpholine rings is 1. The van der Waals surface area contributed by atoms with Crippen molar-refractivity contribution >= 4 is 38.9 Å². The number of rotatable bonds is 8. The summed E-state index contributed by atoms with van der Waals surface area (Å²) in [5, 5.41) is 13.5. The monoisotopic (exact) mass is 492 g/mol. The zero-order valence-electron chi connectivity index (χ0n) is 18.6. The van der Waals surface area contributed by atoms with Crippen molar-refractivity contribution in [2.24, 2.45) is 0 Å². The van der Waals surface area contributed by atoms with Crippen molar-refractivity contribution in [3.8, 4) is 5.75 Å². The molecular weight excluding hydrogens is 468 g/mol. The van der Waals surface area contributed by atoms with Gasteiger partial charge in [0.25, 0.3) is 11.6 Å². The van der Waals surface area contributed by atoms with Crippen molar-refractivity contribution < 1.29 is 32.4 Å². The predicted molar refractivity (Wildman–Crippen MR) is 124 cm³/mol. The zero-order chi connectivity index (χ0) is 24.9. The first kappa shape index (κ1) is 24.9. The number of ether oxygens (including phenoxy) is 2. The molecule has 1 N–H and O–H groups in total. The lowest BCUT2D eigenvalue weighted by Crippen LogP contribution is -2.40. The molecule has 0 aromatic heterocycles. The maximum Gasteiger partial charge on any atom is 0.271 e. The van der Waals surface area contributed by atoms with E-state index in [9.17, 15) is 28.1 Å². The quantitative estimate of drug-likeness (QED) is 0.430. The first-order chi connectivity index (χ1) is 16.1. The average Bonchev–Trinajstić information content (AvgIpc) is 2.82. The number of sulfonamides is 1. The molecule has 12 nitrogen and oxygen atoms in total. The Kier molecular flexibility index (Phi) is 7.68. The van der Waals surface area contributed by atoms with Crippen LogP contribution < -0.4 is 14.4 Å². The topological polar surface area (TPSA) is 148 Å². The van der Waals surface area contributed by atoms with Crippen LogP contribution in [0.1, 0.15) is 10.4 Å². The maximum absolute atomic E-state index is 12.7. The Morgan fingerprint density at radius 2 is 1.82 bits per heavy atom. The van der Waals surface area contributed by atoms with Crippen molar-refractivity contribution in [1.82, 2.24) is 4.90 Å². The highest BCUT2D eigenvalue weighted by molar-refractivity contribution is 7.92. The van der Waals surface area contributed by atoms with E-state index in [0.717, 1.165) is 16.6 Å². The van der Waals surface area contributed by atoms with E-state index in [1.165, 1.54) is 43.5 Å². The summed E-state index contributed by atoms with van der Waals surface area (Å²) in [4.78, 5) is 37.3. The molecule has 0 bridgehead atoms. The van der Waals surface area contributed by atoms with Crippen LogP contribution in [0.4, 0.5) is 17.1 Å². The summed E-state index contributed by atoms with van der Waals surface area (Å²) in [7, 11) is -2.54. The highest BCUT2D eigenvalue weighted by atomic mass is 32.2. The molecule has 1 saturated heterocycles. The van der Waals surface area contributed by atoms with Crippen LogP contribution in [0.5, 0.6) is 5.75 Å². The van der Waals surface area contributed by atoms with Crippen LogP contribution in [0.2, 0.25) is 0 Å². The number of nitrogens with zero attached hydrogens (tertiary/aromatic N) is 3. The van der Waals surface area contributed by atoms with Gasteiger partial charge in [-0.15, -0.1) is 0 Å². The fourth-order valence-corrected chi connectivity index (χ4v) is 4.20. The molecule has 2 amide bonds. The molecule has 2 aromatic rings. The lowest BCUT2D eigenvalue weighted by Gasteiger charge is -2.27. The zero-order valence-corrected chi connectivity index (χ0v) is 19.4. The van der Waals surface area contributed by atoms with E-state index >= 15 is 0 Å². The van der Waals surface area contributed by atoms with Gasteiger partial charge in [-0.25, -0.2) is 8.42 Å². The molecule has 1 heterocycles. The van der Waals surface area contributed by atoms with E-state index in [4.69, 9.17) is 9.47 Å². The Labute approximate surface area is 196 Å². The van der Waals surface area contributed by atoms with E-state index in [0.29, 0.717) is 31.9 Å². The molecule has 0 unspecified atom stereocenters. The highest BCUT2D eigenvalue weighted by Crippen LogP contribution is 2.29. The van der Waals surface area contributed by atoms with Crippen molar-refractivity contribution in [3.05, 3.63) is 58.1 Å². The van der Waals surface area contributed by atoms with Crippen LogP contribution in [-0.4, -0.2) is 76.3 Å². The highest BCUT2D eigenvalue weighted by Gasteiger charge is 2.24. The first-order valence-corrected chi connectivity index (χ1v) is 12.0. The van der Waals surface area contributed by atoms with Gasteiger partial charge in [-0.05, 0) is 30.3 Å². The SMILES string of the molecule is COc1ccc([N+](=O)[O-])cc1NC(=O)CN(c1ccc(C(=O)N2CCOCC2)cc1)S(C)(=O)=O. The van der Waals surface area contributed by atoms with Gasteiger partial charge in [0.2, 0.25) is 15.9 Å². The van der Waals surface area contributed by atoms with Gasteiger partial charge in [-0.3, -0.25) is 24.0 Å². The fourth-order valence-electron chi connectivity index (χ4n) is 3.35. The van der Waals surface area contributed by atoms with E-state index in [2.05, 4.69) is 5.32 Å². The predicted octanol–water partition coefficient (Wildman–Crippen LogP) is 1.48. The number of nitro benzene ring substituents is 1. The molecule has 0 saturated carbocycles. The van der Waals surface area contributed by atoms with Crippen LogP contribution in [0.15, 0.2) is 42.5 Å². The lowest BCUT2D eigenvalue weighted by molar-refractivity contribution is -0.384. The van der Waals surface area contributed by atoms with Crippen LogP contribution in [0.3, 0.4) is 0 Å². The number of amides is 2. The van der Waals surface area contributed by atoms with E-state index < -0.39 is 27.4 Å². The second kappa shape index (κ2) is 10.5. The molecule has 2 aromatic carbocycles. The third kappa shape index (κ3) is 5.99. The molecule has 34 heavy (non-hydrogen) atoms. The minimum absolute atomic E-state index is 0.0293. The van der Waals surface area contributed by atoms with Gasteiger partial charge in [0, 0.05) is 30.8 Å². The van der Waals surface area contributed by atoms with Crippen LogP contribution >= 0.6 is 0 Å².